The van der Waals surface area contributed by atoms with Crippen LogP contribution in [-0.2, 0) is 9.59 Å². The molecule has 8 nitrogen and oxygen atoms in total. The lowest BCUT2D eigenvalue weighted by Crippen LogP contribution is -2.57. The van der Waals surface area contributed by atoms with Gasteiger partial charge in [-0.15, -0.1) is 0 Å². The summed E-state index contributed by atoms with van der Waals surface area (Å²) in [6.45, 7) is 5.75. The SMILES string of the molecule is CNC(=O)NC(=O)C(C)N1CCN(C(C)C(=O)O)CC1. The number of urea groups is 1. The second-order valence-electron chi connectivity index (χ2n) is 4.83. The molecule has 114 valence electrons. The number of carbonyl (C=O) groups is 3. The Morgan fingerprint density at radius 3 is 1.85 bits per heavy atom. The molecule has 2 unspecified atom stereocenters. The van der Waals surface area contributed by atoms with E-state index >= 15 is 0 Å². The molecule has 8 heteroatoms. The van der Waals surface area contributed by atoms with E-state index in [-0.39, 0.29) is 5.91 Å². The van der Waals surface area contributed by atoms with Crippen LogP contribution in [0.4, 0.5) is 4.79 Å². The molecule has 3 N–H and O–H groups in total. The first-order valence-electron chi connectivity index (χ1n) is 6.60. The molecule has 1 heterocycles. The Bertz CT molecular complexity index is 380. The molecule has 1 aliphatic rings. The standard InChI is InChI=1S/C12H22N4O4/c1-8(10(17)14-12(20)13-3)15-4-6-16(7-5-15)9(2)11(18)19/h8-9H,4-7H2,1-3H3,(H,18,19)(H2,13,14,17,20). The van der Waals surface area contributed by atoms with Crippen LogP contribution in [0.25, 0.3) is 0 Å². The summed E-state index contributed by atoms with van der Waals surface area (Å²) in [6, 6.07) is -1.47. The number of aliphatic carboxylic acids is 1. The maximum Gasteiger partial charge on any atom is 0.321 e. The van der Waals surface area contributed by atoms with Crippen molar-refractivity contribution >= 4 is 17.9 Å². The highest BCUT2D eigenvalue weighted by Gasteiger charge is 2.29. The van der Waals surface area contributed by atoms with E-state index in [4.69, 9.17) is 5.11 Å². The summed E-state index contributed by atoms with van der Waals surface area (Å²) >= 11 is 0. The number of hydrogen-bond donors (Lipinski definition) is 3. The van der Waals surface area contributed by atoms with Crippen LogP contribution >= 0.6 is 0 Å². The molecule has 20 heavy (non-hydrogen) atoms. The number of rotatable bonds is 4. The Balaban J connectivity index is 2.46. The van der Waals surface area contributed by atoms with Crippen molar-refractivity contribution in [3.8, 4) is 0 Å². The van der Waals surface area contributed by atoms with Crippen LogP contribution in [0, 0.1) is 0 Å². The van der Waals surface area contributed by atoms with Gasteiger partial charge in [0.05, 0.1) is 6.04 Å². The van der Waals surface area contributed by atoms with Gasteiger partial charge in [0.15, 0.2) is 0 Å². The molecule has 0 aromatic rings. The molecule has 0 aromatic heterocycles. The summed E-state index contributed by atoms with van der Waals surface area (Å²) in [5.74, 6) is -1.20. The molecule has 1 aliphatic heterocycles. The Hall–Kier alpha value is -1.67. The van der Waals surface area contributed by atoms with Crippen LogP contribution in [0.2, 0.25) is 0 Å². The topological polar surface area (TPSA) is 102 Å². The average molecular weight is 286 g/mol. The fourth-order valence-electron chi connectivity index (χ4n) is 2.11. The molecule has 1 rings (SSSR count). The summed E-state index contributed by atoms with van der Waals surface area (Å²) < 4.78 is 0. The smallest absolute Gasteiger partial charge is 0.321 e. The lowest BCUT2D eigenvalue weighted by atomic mass is 10.2. The van der Waals surface area contributed by atoms with Gasteiger partial charge in [0.25, 0.3) is 0 Å². The minimum atomic E-state index is -0.844. The van der Waals surface area contributed by atoms with Crippen LogP contribution in [0.3, 0.4) is 0 Å². The minimum absolute atomic E-state index is 0.357. The fourth-order valence-corrected chi connectivity index (χ4v) is 2.11. The van der Waals surface area contributed by atoms with E-state index in [0.717, 1.165) is 0 Å². The third kappa shape index (κ3) is 4.17. The third-order valence-corrected chi connectivity index (χ3v) is 3.64. The van der Waals surface area contributed by atoms with Crippen molar-refractivity contribution in [1.82, 2.24) is 20.4 Å². The summed E-state index contributed by atoms with van der Waals surface area (Å²) in [4.78, 5) is 37.6. The maximum atomic E-state index is 11.8. The fraction of sp³-hybridized carbons (Fsp3) is 0.750. The molecular weight excluding hydrogens is 264 g/mol. The second-order valence-corrected chi connectivity index (χ2v) is 4.83. The van der Waals surface area contributed by atoms with Gasteiger partial charge in [-0.2, -0.15) is 0 Å². The van der Waals surface area contributed by atoms with Gasteiger partial charge in [0.1, 0.15) is 6.04 Å². The lowest BCUT2D eigenvalue weighted by molar-refractivity contribution is -0.143. The molecular formula is C12H22N4O4. The van der Waals surface area contributed by atoms with Crippen molar-refractivity contribution in [2.75, 3.05) is 33.2 Å². The van der Waals surface area contributed by atoms with Gasteiger partial charge in [0, 0.05) is 33.2 Å². The second kappa shape index (κ2) is 7.20. The maximum absolute atomic E-state index is 11.8. The van der Waals surface area contributed by atoms with Crippen molar-refractivity contribution in [3.63, 3.8) is 0 Å². The quantitative estimate of drug-likeness (QED) is 0.608. The van der Waals surface area contributed by atoms with Gasteiger partial charge >= 0.3 is 12.0 Å². The van der Waals surface area contributed by atoms with Crippen molar-refractivity contribution < 1.29 is 19.5 Å². The third-order valence-electron chi connectivity index (χ3n) is 3.64. The van der Waals surface area contributed by atoms with Gasteiger partial charge < -0.3 is 10.4 Å². The van der Waals surface area contributed by atoms with E-state index in [1.54, 1.807) is 13.8 Å². The van der Waals surface area contributed by atoms with Crippen LogP contribution in [-0.4, -0.2) is 78.1 Å². The average Bonchev–Trinajstić information content (AvgIpc) is 2.45. The molecule has 1 fully saturated rings. The van der Waals surface area contributed by atoms with Crippen molar-refractivity contribution in [2.24, 2.45) is 0 Å². The van der Waals surface area contributed by atoms with E-state index in [9.17, 15) is 14.4 Å². The number of nitrogens with zero attached hydrogens (tertiary/aromatic N) is 2. The molecule has 0 aromatic carbocycles. The van der Waals surface area contributed by atoms with Gasteiger partial charge in [-0.3, -0.25) is 24.7 Å². The molecule has 0 radical (unpaired) electrons. The highest BCUT2D eigenvalue weighted by atomic mass is 16.4. The Labute approximate surface area is 118 Å². The monoisotopic (exact) mass is 286 g/mol. The predicted molar refractivity (Wildman–Crippen MR) is 72.3 cm³/mol. The van der Waals surface area contributed by atoms with Gasteiger partial charge in [-0.1, -0.05) is 0 Å². The normalized spacial score (nSPS) is 19.9. The number of nitrogens with one attached hydrogen (secondary N) is 2. The number of amides is 3. The molecule has 0 bridgehead atoms. The Kier molecular flexibility index (Phi) is 5.90. The molecule has 2 atom stereocenters. The number of imide groups is 1. The number of carboxylic acid groups (broad SMARTS) is 1. The first kappa shape index (κ1) is 16.4. The van der Waals surface area contributed by atoms with E-state index in [1.807, 2.05) is 9.80 Å². The van der Waals surface area contributed by atoms with Crippen LogP contribution < -0.4 is 10.6 Å². The van der Waals surface area contributed by atoms with Crippen molar-refractivity contribution in [3.05, 3.63) is 0 Å². The van der Waals surface area contributed by atoms with Crippen LogP contribution in [0.5, 0.6) is 0 Å². The van der Waals surface area contributed by atoms with Crippen molar-refractivity contribution in [2.45, 2.75) is 25.9 Å². The Morgan fingerprint density at radius 2 is 1.45 bits per heavy atom. The van der Waals surface area contributed by atoms with Crippen LogP contribution in [0.1, 0.15) is 13.8 Å². The van der Waals surface area contributed by atoms with Gasteiger partial charge in [0.2, 0.25) is 5.91 Å². The number of piperazine rings is 1. The summed E-state index contributed by atoms with van der Waals surface area (Å²) in [7, 11) is 1.44. The van der Waals surface area contributed by atoms with E-state index in [1.165, 1.54) is 7.05 Å². The zero-order valence-corrected chi connectivity index (χ0v) is 12.0. The molecule has 3 amide bonds. The first-order valence-corrected chi connectivity index (χ1v) is 6.60. The summed E-state index contributed by atoms with van der Waals surface area (Å²) in [5.41, 5.74) is 0. The zero-order valence-electron chi connectivity index (χ0n) is 12.0. The minimum Gasteiger partial charge on any atom is -0.480 e. The summed E-state index contributed by atoms with van der Waals surface area (Å²) in [5, 5.41) is 13.5. The number of carboxylic acids is 1. The highest BCUT2D eigenvalue weighted by molar-refractivity contribution is 5.96. The largest absolute Gasteiger partial charge is 0.480 e. The van der Waals surface area contributed by atoms with Crippen molar-refractivity contribution in [1.29, 1.82) is 0 Å². The molecule has 1 saturated heterocycles. The molecule has 0 spiro atoms. The van der Waals surface area contributed by atoms with E-state index < -0.39 is 24.1 Å². The molecule has 0 aliphatic carbocycles. The summed E-state index contributed by atoms with van der Waals surface area (Å²) in [6.07, 6.45) is 0. The molecule has 0 saturated carbocycles. The van der Waals surface area contributed by atoms with E-state index in [0.29, 0.717) is 26.2 Å². The Morgan fingerprint density at radius 1 is 1.00 bits per heavy atom. The lowest BCUT2D eigenvalue weighted by Gasteiger charge is -2.38. The van der Waals surface area contributed by atoms with Gasteiger partial charge in [-0.25, -0.2) is 4.79 Å². The predicted octanol–water partition coefficient (Wildman–Crippen LogP) is -1.08. The number of carbonyl (C=O) groups excluding carboxylic acids is 2. The zero-order chi connectivity index (χ0) is 15.3. The van der Waals surface area contributed by atoms with Gasteiger partial charge in [-0.05, 0) is 13.8 Å². The van der Waals surface area contributed by atoms with E-state index in [2.05, 4.69) is 10.6 Å². The number of hydrogen-bond acceptors (Lipinski definition) is 5. The van der Waals surface area contributed by atoms with Crippen LogP contribution in [0.15, 0.2) is 0 Å². The first-order chi connectivity index (χ1) is 9.36. The highest BCUT2D eigenvalue weighted by Crippen LogP contribution is 2.09.